The summed E-state index contributed by atoms with van der Waals surface area (Å²) < 4.78 is 1.78. The maximum absolute atomic E-state index is 9.59. The molecule has 0 amide bonds. The predicted octanol–water partition coefficient (Wildman–Crippen LogP) is 1.28. The van der Waals surface area contributed by atoms with Crippen molar-refractivity contribution in [1.82, 2.24) is 9.78 Å². The number of nitrogen functional groups attached to an aromatic ring is 1. The Hall–Kier alpha value is -1.23. The van der Waals surface area contributed by atoms with Gasteiger partial charge in [0, 0.05) is 7.05 Å². The van der Waals surface area contributed by atoms with Crippen LogP contribution < -0.4 is 11.1 Å². The maximum atomic E-state index is 9.59. The van der Waals surface area contributed by atoms with E-state index in [2.05, 4.69) is 10.4 Å². The second-order valence-electron chi connectivity index (χ2n) is 4.96. The lowest BCUT2D eigenvalue weighted by atomic mass is 9.99. The number of nitrogens with zero attached hydrogens (tertiary/aromatic N) is 2. The Labute approximate surface area is 102 Å². The Kier molecular flexibility index (Phi) is 3.28. The summed E-state index contributed by atoms with van der Waals surface area (Å²) in [4.78, 5) is 0. The molecule has 0 aromatic carbocycles. The van der Waals surface area contributed by atoms with Crippen molar-refractivity contribution in [1.29, 1.82) is 0 Å². The molecule has 1 aromatic heterocycles. The molecule has 5 nitrogen and oxygen atoms in total. The molecule has 5 heteroatoms. The minimum Gasteiger partial charge on any atom is -0.394 e. The highest BCUT2D eigenvalue weighted by atomic mass is 16.3. The fourth-order valence-electron chi connectivity index (χ4n) is 2.63. The van der Waals surface area contributed by atoms with Gasteiger partial charge in [-0.05, 0) is 19.3 Å². The van der Waals surface area contributed by atoms with E-state index < -0.39 is 0 Å². The van der Waals surface area contributed by atoms with Crippen molar-refractivity contribution < 1.29 is 5.11 Å². The van der Waals surface area contributed by atoms with Crippen molar-refractivity contribution in [3.63, 3.8) is 0 Å². The number of nitrogens with one attached hydrogen (secondary N) is 1. The average Bonchev–Trinajstić information content (AvgIpc) is 2.90. The van der Waals surface area contributed by atoms with Crippen LogP contribution in [-0.4, -0.2) is 27.0 Å². The Balaban J connectivity index is 2.25. The van der Waals surface area contributed by atoms with Crippen molar-refractivity contribution in [2.24, 2.45) is 7.05 Å². The van der Waals surface area contributed by atoms with Gasteiger partial charge >= 0.3 is 0 Å². The molecule has 17 heavy (non-hydrogen) atoms. The molecular weight excluding hydrogens is 216 g/mol. The Morgan fingerprint density at radius 1 is 1.47 bits per heavy atom. The van der Waals surface area contributed by atoms with Crippen LogP contribution in [0.4, 0.5) is 11.5 Å². The van der Waals surface area contributed by atoms with Crippen LogP contribution in [0, 0.1) is 0 Å². The molecule has 1 aliphatic carbocycles. The van der Waals surface area contributed by atoms with E-state index in [9.17, 15) is 5.11 Å². The summed E-state index contributed by atoms with van der Waals surface area (Å²) in [5.74, 6) is 0.845. The van der Waals surface area contributed by atoms with Crippen LogP contribution in [0.15, 0.2) is 0 Å². The highest BCUT2D eigenvalue weighted by molar-refractivity contribution is 5.66. The first-order valence-corrected chi connectivity index (χ1v) is 6.32. The van der Waals surface area contributed by atoms with Crippen LogP contribution >= 0.6 is 0 Å². The fourth-order valence-corrected chi connectivity index (χ4v) is 2.63. The third-order valence-electron chi connectivity index (χ3n) is 3.74. The standard InChI is InChI=1S/C12H22N4O/c1-3-9-10(13)11(16(2)15-9)14-12(8-17)6-4-5-7-12/h14,17H,3-8,13H2,1-2H3. The highest BCUT2D eigenvalue weighted by Gasteiger charge is 2.34. The SMILES string of the molecule is CCc1nn(C)c(NC2(CO)CCCC2)c1N. The Morgan fingerprint density at radius 3 is 2.59 bits per heavy atom. The second kappa shape index (κ2) is 4.56. The minimum atomic E-state index is -0.201. The largest absolute Gasteiger partial charge is 0.394 e. The second-order valence-corrected chi connectivity index (χ2v) is 4.96. The van der Waals surface area contributed by atoms with Gasteiger partial charge in [0.15, 0.2) is 0 Å². The molecule has 0 bridgehead atoms. The van der Waals surface area contributed by atoms with Crippen molar-refractivity contribution in [2.75, 3.05) is 17.7 Å². The number of aromatic nitrogens is 2. The smallest absolute Gasteiger partial charge is 0.148 e. The molecule has 1 aliphatic rings. The van der Waals surface area contributed by atoms with Crippen LogP contribution in [0.2, 0.25) is 0 Å². The molecule has 0 spiro atoms. The van der Waals surface area contributed by atoms with E-state index in [0.29, 0.717) is 0 Å². The van der Waals surface area contributed by atoms with Gasteiger partial charge in [-0.25, -0.2) is 0 Å². The van der Waals surface area contributed by atoms with Crippen LogP contribution in [0.3, 0.4) is 0 Å². The number of anilines is 2. The third-order valence-corrected chi connectivity index (χ3v) is 3.74. The van der Waals surface area contributed by atoms with Gasteiger partial charge in [-0.15, -0.1) is 0 Å². The number of rotatable bonds is 4. The fraction of sp³-hybridized carbons (Fsp3) is 0.750. The van der Waals surface area contributed by atoms with Crippen LogP contribution in [0.25, 0.3) is 0 Å². The zero-order chi connectivity index (χ0) is 12.5. The Bertz CT molecular complexity index is 393. The van der Waals surface area contributed by atoms with Gasteiger partial charge in [0.05, 0.1) is 23.5 Å². The van der Waals surface area contributed by atoms with E-state index in [1.165, 1.54) is 0 Å². The van der Waals surface area contributed by atoms with Crippen LogP contribution in [-0.2, 0) is 13.5 Å². The first kappa shape index (κ1) is 12.2. The van der Waals surface area contributed by atoms with E-state index >= 15 is 0 Å². The monoisotopic (exact) mass is 238 g/mol. The number of aryl methyl sites for hydroxylation is 2. The molecule has 1 heterocycles. The zero-order valence-corrected chi connectivity index (χ0v) is 10.7. The molecule has 2 rings (SSSR count). The van der Waals surface area contributed by atoms with E-state index in [0.717, 1.165) is 49.3 Å². The minimum absolute atomic E-state index is 0.152. The van der Waals surface area contributed by atoms with Crippen LogP contribution in [0.1, 0.15) is 38.3 Å². The van der Waals surface area contributed by atoms with Crippen molar-refractivity contribution in [2.45, 2.75) is 44.6 Å². The third kappa shape index (κ3) is 2.11. The molecule has 1 fully saturated rings. The molecule has 0 aliphatic heterocycles. The molecule has 0 unspecified atom stereocenters. The first-order chi connectivity index (χ1) is 8.12. The van der Waals surface area contributed by atoms with E-state index in [4.69, 9.17) is 5.73 Å². The molecule has 4 N–H and O–H groups in total. The van der Waals surface area contributed by atoms with Gasteiger partial charge in [-0.3, -0.25) is 4.68 Å². The number of aliphatic hydroxyl groups is 1. The average molecular weight is 238 g/mol. The molecule has 1 saturated carbocycles. The summed E-state index contributed by atoms with van der Waals surface area (Å²) in [7, 11) is 1.89. The molecule has 0 atom stereocenters. The van der Waals surface area contributed by atoms with Gasteiger partial charge in [-0.1, -0.05) is 19.8 Å². The summed E-state index contributed by atoms with van der Waals surface area (Å²) >= 11 is 0. The summed E-state index contributed by atoms with van der Waals surface area (Å²) in [6.45, 7) is 2.19. The van der Waals surface area contributed by atoms with Crippen molar-refractivity contribution in [3.8, 4) is 0 Å². The van der Waals surface area contributed by atoms with Gasteiger partial charge in [0.25, 0.3) is 0 Å². The molecule has 0 radical (unpaired) electrons. The van der Waals surface area contributed by atoms with E-state index in [1.807, 2.05) is 14.0 Å². The number of hydrogen-bond donors (Lipinski definition) is 3. The van der Waals surface area contributed by atoms with Gasteiger partial charge in [-0.2, -0.15) is 5.10 Å². The van der Waals surface area contributed by atoms with Crippen LogP contribution in [0.5, 0.6) is 0 Å². The maximum Gasteiger partial charge on any atom is 0.148 e. The van der Waals surface area contributed by atoms with Gasteiger partial charge in [0.2, 0.25) is 0 Å². The Morgan fingerprint density at radius 2 is 2.12 bits per heavy atom. The normalized spacial score (nSPS) is 18.5. The molecule has 96 valence electrons. The summed E-state index contributed by atoms with van der Waals surface area (Å²) in [6.07, 6.45) is 5.14. The summed E-state index contributed by atoms with van der Waals surface area (Å²) in [5, 5.41) is 17.4. The van der Waals surface area contributed by atoms with Crippen molar-refractivity contribution >= 4 is 11.5 Å². The molecular formula is C12H22N4O. The lowest BCUT2D eigenvalue weighted by molar-refractivity contribution is 0.213. The topological polar surface area (TPSA) is 76.1 Å². The molecule has 1 aromatic rings. The van der Waals surface area contributed by atoms with Gasteiger partial charge < -0.3 is 16.2 Å². The quantitative estimate of drug-likeness (QED) is 0.738. The van der Waals surface area contributed by atoms with E-state index in [1.54, 1.807) is 4.68 Å². The van der Waals surface area contributed by atoms with Crippen molar-refractivity contribution in [3.05, 3.63) is 5.69 Å². The number of hydrogen-bond acceptors (Lipinski definition) is 4. The zero-order valence-electron chi connectivity index (χ0n) is 10.7. The summed E-state index contributed by atoms with van der Waals surface area (Å²) in [5.41, 5.74) is 7.51. The summed E-state index contributed by atoms with van der Waals surface area (Å²) in [6, 6.07) is 0. The highest BCUT2D eigenvalue weighted by Crippen LogP contribution is 2.35. The number of nitrogens with two attached hydrogens (primary N) is 1. The number of aliphatic hydroxyl groups excluding tert-OH is 1. The van der Waals surface area contributed by atoms with E-state index in [-0.39, 0.29) is 12.1 Å². The lowest BCUT2D eigenvalue weighted by Gasteiger charge is -2.29. The first-order valence-electron chi connectivity index (χ1n) is 6.32. The lowest BCUT2D eigenvalue weighted by Crippen LogP contribution is -2.39. The molecule has 0 saturated heterocycles. The van der Waals surface area contributed by atoms with Gasteiger partial charge in [0.1, 0.15) is 5.82 Å². The predicted molar refractivity (Wildman–Crippen MR) is 68.9 cm³/mol.